The smallest absolute Gasteiger partial charge is 0.269 e. The van der Waals surface area contributed by atoms with Crippen molar-refractivity contribution in [2.45, 2.75) is 19.8 Å². The Kier molecular flexibility index (Phi) is 6.81. The fraction of sp³-hybridized carbons (Fsp3) is 0.176. The second-order valence-corrected chi connectivity index (χ2v) is 6.56. The topological polar surface area (TPSA) is 91.3 Å². The molecule has 0 aliphatic carbocycles. The largest absolute Gasteiger partial charge is 0.331 e. The fourth-order valence-corrected chi connectivity index (χ4v) is 2.39. The fourth-order valence-electron chi connectivity index (χ4n) is 2.06. The van der Waals surface area contributed by atoms with Crippen LogP contribution in [0, 0.1) is 10.1 Å². The maximum Gasteiger partial charge on any atom is 0.269 e. The lowest BCUT2D eigenvalue weighted by atomic mass is 10.0. The van der Waals surface area contributed by atoms with E-state index in [0.717, 1.165) is 5.69 Å². The van der Waals surface area contributed by atoms with Gasteiger partial charge in [0.1, 0.15) is 0 Å². The zero-order valence-corrected chi connectivity index (χ0v) is 15.9. The molecule has 0 aliphatic heterocycles. The highest BCUT2D eigenvalue weighted by Crippen LogP contribution is 2.17. The molecular formula is C17H19N5O2S2. The molecule has 0 bridgehead atoms. The number of anilines is 2. The SMILES string of the molecule is CC(C)c1ccc(NC(=S)NNC(=S)Nc2ccc([N+](=O)[O-])cc2)cc1. The molecule has 0 aromatic heterocycles. The van der Waals surface area contributed by atoms with Gasteiger partial charge in [0.2, 0.25) is 0 Å². The molecule has 0 radical (unpaired) electrons. The van der Waals surface area contributed by atoms with E-state index in [9.17, 15) is 10.1 Å². The Morgan fingerprint density at radius 1 is 0.885 bits per heavy atom. The summed E-state index contributed by atoms with van der Waals surface area (Å²) in [5.41, 5.74) is 8.28. The van der Waals surface area contributed by atoms with Crippen molar-refractivity contribution in [2.24, 2.45) is 0 Å². The van der Waals surface area contributed by atoms with Crippen LogP contribution >= 0.6 is 24.4 Å². The van der Waals surface area contributed by atoms with Gasteiger partial charge >= 0.3 is 0 Å². The highest BCUT2D eigenvalue weighted by atomic mass is 32.1. The Morgan fingerprint density at radius 2 is 1.31 bits per heavy atom. The van der Waals surface area contributed by atoms with Gasteiger partial charge in [-0.05, 0) is 60.2 Å². The van der Waals surface area contributed by atoms with Crippen LogP contribution in [0.3, 0.4) is 0 Å². The number of benzene rings is 2. The maximum absolute atomic E-state index is 10.6. The first-order chi connectivity index (χ1) is 12.3. The van der Waals surface area contributed by atoms with Gasteiger partial charge in [0.05, 0.1) is 4.92 Å². The van der Waals surface area contributed by atoms with E-state index in [1.54, 1.807) is 12.1 Å². The van der Waals surface area contributed by atoms with Gasteiger partial charge in [0.25, 0.3) is 5.69 Å². The van der Waals surface area contributed by atoms with Gasteiger partial charge in [-0.15, -0.1) is 0 Å². The van der Waals surface area contributed by atoms with Crippen molar-refractivity contribution in [1.29, 1.82) is 0 Å². The maximum atomic E-state index is 10.6. The third-order valence-electron chi connectivity index (χ3n) is 3.46. The van der Waals surface area contributed by atoms with Crippen LogP contribution in [0.25, 0.3) is 0 Å². The molecule has 0 saturated heterocycles. The van der Waals surface area contributed by atoms with Crippen molar-refractivity contribution in [1.82, 2.24) is 10.9 Å². The Labute approximate surface area is 162 Å². The molecule has 9 heteroatoms. The first-order valence-corrected chi connectivity index (χ1v) is 8.65. The molecule has 0 aliphatic rings. The minimum atomic E-state index is -0.459. The Morgan fingerprint density at radius 3 is 1.69 bits per heavy atom. The Balaban J connectivity index is 1.79. The normalized spacial score (nSPS) is 10.1. The van der Waals surface area contributed by atoms with Crippen molar-refractivity contribution in [2.75, 3.05) is 10.6 Å². The second-order valence-electron chi connectivity index (χ2n) is 5.74. The summed E-state index contributed by atoms with van der Waals surface area (Å²) in [4.78, 5) is 10.2. The minimum absolute atomic E-state index is 0.0152. The standard InChI is InChI=1S/C17H19N5O2S2/c1-11(2)12-3-5-13(6-4-12)18-16(25)20-21-17(26)19-14-7-9-15(10-8-14)22(23)24/h3-11H,1-2H3,(H2,18,20,25)(H2,19,21,26). The number of non-ortho nitro benzene ring substituents is 1. The van der Waals surface area contributed by atoms with Gasteiger partial charge < -0.3 is 10.6 Å². The van der Waals surface area contributed by atoms with E-state index in [0.29, 0.717) is 16.7 Å². The second kappa shape index (κ2) is 9.07. The molecule has 26 heavy (non-hydrogen) atoms. The van der Waals surface area contributed by atoms with Gasteiger partial charge in [-0.25, -0.2) is 0 Å². The monoisotopic (exact) mass is 389 g/mol. The molecule has 4 N–H and O–H groups in total. The van der Waals surface area contributed by atoms with Gasteiger partial charge in [-0.2, -0.15) is 0 Å². The number of nitro groups is 1. The molecule has 0 spiro atoms. The molecular weight excluding hydrogens is 370 g/mol. The molecule has 0 unspecified atom stereocenters. The van der Waals surface area contributed by atoms with Gasteiger partial charge in [-0.1, -0.05) is 26.0 Å². The van der Waals surface area contributed by atoms with Crippen molar-refractivity contribution >= 4 is 51.7 Å². The molecule has 136 valence electrons. The average molecular weight is 390 g/mol. The molecule has 2 rings (SSSR count). The molecule has 2 aromatic rings. The van der Waals surface area contributed by atoms with Crippen molar-refractivity contribution in [3.05, 3.63) is 64.2 Å². The van der Waals surface area contributed by atoms with E-state index in [2.05, 4.69) is 35.3 Å². The summed E-state index contributed by atoms with van der Waals surface area (Å²) in [7, 11) is 0. The predicted octanol–water partition coefficient (Wildman–Crippen LogP) is 3.91. The summed E-state index contributed by atoms with van der Waals surface area (Å²) in [5, 5.41) is 17.2. The predicted molar refractivity (Wildman–Crippen MR) is 112 cm³/mol. The average Bonchev–Trinajstić information content (AvgIpc) is 2.61. The van der Waals surface area contributed by atoms with Crippen LogP contribution in [0.2, 0.25) is 0 Å². The van der Waals surface area contributed by atoms with Gasteiger partial charge in [-0.3, -0.25) is 21.0 Å². The number of hydrogen-bond donors (Lipinski definition) is 4. The number of thiocarbonyl (C=S) groups is 2. The van der Waals surface area contributed by atoms with Crippen LogP contribution in [-0.4, -0.2) is 15.1 Å². The number of hydrogen-bond acceptors (Lipinski definition) is 4. The van der Waals surface area contributed by atoms with E-state index >= 15 is 0 Å². The molecule has 7 nitrogen and oxygen atoms in total. The zero-order valence-electron chi connectivity index (χ0n) is 14.3. The van der Waals surface area contributed by atoms with E-state index in [1.807, 2.05) is 24.3 Å². The van der Waals surface area contributed by atoms with Gasteiger partial charge in [0.15, 0.2) is 10.2 Å². The van der Waals surface area contributed by atoms with E-state index in [4.69, 9.17) is 24.4 Å². The molecule has 0 heterocycles. The summed E-state index contributed by atoms with van der Waals surface area (Å²) >= 11 is 10.3. The summed E-state index contributed by atoms with van der Waals surface area (Å²) < 4.78 is 0. The van der Waals surface area contributed by atoms with Crippen molar-refractivity contribution in [3.63, 3.8) is 0 Å². The third kappa shape index (κ3) is 5.94. The Bertz CT molecular complexity index is 792. The number of nitrogens with one attached hydrogen (secondary N) is 4. The quantitative estimate of drug-likeness (QED) is 0.355. The third-order valence-corrected chi connectivity index (χ3v) is 3.87. The highest BCUT2D eigenvalue weighted by molar-refractivity contribution is 7.81. The van der Waals surface area contributed by atoms with E-state index in [1.165, 1.54) is 17.7 Å². The number of hydrazine groups is 1. The number of nitro benzene ring substituents is 1. The van der Waals surface area contributed by atoms with Crippen LogP contribution in [0.4, 0.5) is 17.1 Å². The molecule has 0 saturated carbocycles. The lowest BCUT2D eigenvalue weighted by molar-refractivity contribution is -0.384. The number of rotatable bonds is 4. The minimum Gasteiger partial charge on any atom is -0.331 e. The first kappa shape index (κ1) is 19.5. The van der Waals surface area contributed by atoms with Crippen LogP contribution < -0.4 is 21.5 Å². The number of nitrogens with zero attached hydrogens (tertiary/aromatic N) is 1. The summed E-state index contributed by atoms with van der Waals surface area (Å²) in [5.74, 6) is 0.471. The zero-order chi connectivity index (χ0) is 19.1. The molecule has 0 fully saturated rings. The highest BCUT2D eigenvalue weighted by Gasteiger charge is 2.05. The van der Waals surface area contributed by atoms with Crippen molar-refractivity contribution < 1.29 is 4.92 Å². The van der Waals surface area contributed by atoms with Crippen LogP contribution in [0.5, 0.6) is 0 Å². The Hall–Kier alpha value is -2.78. The summed E-state index contributed by atoms with van der Waals surface area (Å²) in [6.07, 6.45) is 0. The van der Waals surface area contributed by atoms with E-state index in [-0.39, 0.29) is 10.8 Å². The van der Waals surface area contributed by atoms with E-state index < -0.39 is 4.92 Å². The molecule has 2 aromatic carbocycles. The van der Waals surface area contributed by atoms with Crippen LogP contribution in [-0.2, 0) is 0 Å². The lowest BCUT2D eigenvalue weighted by Gasteiger charge is -2.14. The van der Waals surface area contributed by atoms with Crippen LogP contribution in [0.15, 0.2) is 48.5 Å². The molecule has 0 amide bonds. The van der Waals surface area contributed by atoms with Crippen LogP contribution in [0.1, 0.15) is 25.3 Å². The van der Waals surface area contributed by atoms with Gasteiger partial charge in [0, 0.05) is 23.5 Å². The lowest BCUT2D eigenvalue weighted by Crippen LogP contribution is -2.45. The molecule has 0 atom stereocenters. The van der Waals surface area contributed by atoms with Crippen molar-refractivity contribution in [3.8, 4) is 0 Å². The summed E-state index contributed by atoms with van der Waals surface area (Å²) in [6.45, 7) is 4.27. The summed E-state index contributed by atoms with van der Waals surface area (Å²) in [6, 6.07) is 13.9. The first-order valence-electron chi connectivity index (χ1n) is 7.83.